The Morgan fingerprint density at radius 3 is 2.13 bits per heavy atom. The van der Waals surface area contributed by atoms with Crippen molar-refractivity contribution in [1.82, 2.24) is 10.2 Å². The maximum absolute atomic E-state index is 12.6. The van der Waals surface area contributed by atoms with Crippen molar-refractivity contribution in [3.05, 3.63) is 47.0 Å². The first kappa shape index (κ1) is 22.3. The molecule has 0 saturated heterocycles. The summed E-state index contributed by atoms with van der Waals surface area (Å²) in [6, 6.07) is 9.37. The second-order valence-electron chi connectivity index (χ2n) is 7.15. The van der Waals surface area contributed by atoms with Crippen LogP contribution in [-0.4, -0.2) is 58.2 Å². The van der Waals surface area contributed by atoms with Gasteiger partial charge in [0.05, 0.1) is 28.4 Å². The molecule has 1 aliphatic heterocycles. The smallest absolute Gasteiger partial charge is 0.312 e. The van der Waals surface area contributed by atoms with E-state index >= 15 is 0 Å². The van der Waals surface area contributed by atoms with E-state index in [1.54, 1.807) is 33.3 Å². The van der Waals surface area contributed by atoms with E-state index in [-0.39, 0.29) is 0 Å². The molecule has 0 unspecified atom stereocenters. The Labute approximate surface area is 182 Å². The van der Waals surface area contributed by atoms with E-state index < -0.39 is 11.8 Å². The van der Waals surface area contributed by atoms with E-state index in [0.29, 0.717) is 55.5 Å². The van der Waals surface area contributed by atoms with Crippen molar-refractivity contribution < 1.29 is 28.5 Å². The molecule has 31 heavy (non-hydrogen) atoms. The Morgan fingerprint density at radius 1 is 0.871 bits per heavy atom. The fourth-order valence-corrected chi connectivity index (χ4v) is 3.63. The summed E-state index contributed by atoms with van der Waals surface area (Å²) < 4.78 is 21.2. The minimum Gasteiger partial charge on any atom is -0.493 e. The van der Waals surface area contributed by atoms with Crippen LogP contribution in [-0.2, 0) is 29.0 Å². The van der Waals surface area contributed by atoms with Gasteiger partial charge >= 0.3 is 11.8 Å². The SMILES string of the molecule is COc1ccc(CCNC(=O)C(=O)N2CCc3cc(OC)c(OC)cc3C2)cc1OC. The van der Waals surface area contributed by atoms with Gasteiger partial charge in [-0.05, 0) is 53.8 Å². The quantitative estimate of drug-likeness (QED) is 0.679. The standard InChI is InChI=1S/C23H28N2O6/c1-28-18-6-5-15(11-19(18)29-2)7-9-24-22(26)23(27)25-10-8-16-12-20(30-3)21(31-4)13-17(16)14-25/h5-6,11-13H,7-10,14H2,1-4H3,(H,24,26). The number of methoxy groups -OCH3 is 4. The summed E-state index contributed by atoms with van der Waals surface area (Å²) in [5, 5.41) is 2.71. The average molecular weight is 428 g/mol. The van der Waals surface area contributed by atoms with E-state index in [1.165, 1.54) is 0 Å². The molecule has 0 spiro atoms. The summed E-state index contributed by atoms with van der Waals surface area (Å²) >= 11 is 0. The summed E-state index contributed by atoms with van der Waals surface area (Å²) in [5.74, 6) is 1.40. The van der Waals surface area contributed by atoms with Crippen LogP contribution in [0.3, 0.4) is 0 Å². The maximum atomic E-state index is 12.6. The van der Waals surface area contributed by atoms with Gasteiger partial charge in [-0.15, -0.1) is 0 Å². The molecule has 1 heterocycles. The molecule has 0 aliphatic carbocycles. The Balaban J connectivity index is 1.57. The van der Waals surface area contributed by atoms with Crippen molar-refractivity contribution in [2.75, 3.05) is 41.5 Å². The molecular weight excluding hydrogens is 400 g/mol. The van der Waals surface area contributed by atoms with Crippen molar-refractivity contribution in [2.45, 2.75) is 19.4 Å². The first-order valence-corrected chi connectivity index (χ1v) is 10.0. The predicted molar refractivity (Wildman–Crippen MR) is 115 cm³/mol. The molecule has 2 aromatic carbocycles. The van der Waals surface area contributed by atoms with Crippen LogP contribution in [0.4, 0.5) is 0 Å². The number of rotatable bonds is 7. The molecule has 0 fully saturated rings. The normalized spacial score (nSPS) is 12.6. The highest BCUT2D eigenvalue weighted by atomic mass is 16.5. The summed E-state index contributed by atoms with van der Waals surface area (Å²) in [6.07, 6.45) is 1.22. The van der Waals surface area contributed by atoms with Gasteiger partial charge in [-0.1, -0.05) is 6.07 Å². The first-order chi connectivity index (χ1) is 15.0. The number of amides is 2. The Hall–Kier alpha value is -3.42. The van der Waals surface area contributed by atoms with Crippen molar-refractivity contribution in [1.29, 1.82) is 0 Å². The van der Waals surface area contributed by atoms with Crippen molar-refractivity contribution in [3.8, 4) is 23.0 Å². The number of carbonyl (C=O) groups excluding carboxylic acids is 2. The van der Waals surface area contributed by atoms with Crippen LogP contribution in [0.25, 0.3) is 0 Å². The molecule has 166 valence electrons. The lowest BCUT2D eigenvalue weighted by molar-refractivity contribution is -0.146. The van der Waals surface area contributed by atoms with Crippen LogP contribution in [0.15, 0.2) is 30.3 Å². The minimum atomic E-state index is -0.607. The van der Waals surface area contributed by atoms with Gasteiger partial charge < -0.3 is 29.2 Å². The number of ether oxygens (including phenoxy) is 4. The molecule has 0 atom stereocenters. The van der Waals surface area contributed by atoms with E-state index in [9.17, 15) is 9.59 Å². The van der Waals surface area contributed by atoms with Gasteiger partial charge in [0.25, 0.3) is 0 Å². The fraction of sp³-hybridized carbons (Fsp3) is 0.391. The van der Waals surface area contributed by atoms with Gasteiger partial charge in [0, 0.05) is 19.6 Å². The molecule has 8 nitrogen and oxygen atoms in total. The van der Waals surface area contributed by atoms with E-state index in [0.717, 1.165) is 16.7 Å². The second kappa shape index (κ2) is 10.1. The summed E-state index contributed by atoms with van der Waals surface area (Å²) in [5.41, 5.74) is 3.02. The number of nitrogens with one attached hydrogen (secondary N) is 1. The van der Waals surface area contributed by atoms with Crippen LogP contribution >= 0.6 is 0 Å². The molecule has 0 bridgehead atoms. The monoisotopic (exact) mass is 428 g/mol. The molecule has 2 aromatic rings. The van der Waals surface area contributed by atoms with Gasteiger partial charge in [-0.25, -0.2) is 0 Å². The molecule has 0 saturated carbocycles. The van der Waals surface area contributed by atoms with E-state index in [1.807, 2.05) is 30.3 Å². The highest BCUT2D eigenvalue weighted by Gasteiger charge is 2.26. The van der Waals surface area contributed by atoms with Crippen LogP contribution in [0.2, 0.25) is 0 Å². The minimum absolute atomic E-state index is 0.343. The Morgan fingerprint density at radius 2 is 1.48 bits per heavy atom. The lowest BCUT2D eigenvalue weighted by Crippen LogP contribution is -2.45. The van der Waals surface area contributed by atoms with E-state index in [4.69, 9.17) is 18.9 Å². The Kier molecular flexibility index (Phi) is 7.23. The zero-order valence-electron chi connectivity index (χ0n) is 18.3. The van der Waals surface area contributed by atoms with Crippen molar-refractivity contribution >= 4 is 11.8 Å². The fourth-order valence-electron chi connectivity index (χ4n) is 3.63. The maximum Gasteiger partial charge on any atom is 0.312 e. The van der Waals surface area contributed by atoms with Crippen LogP contribution in [0.1, 0.15) is 16.7 Å². The number of benzene rings is 2. The second-order valence-corrected chi connectivity index (χ2v) is 7.15. The lowest BCUT2D eigenvalue weighted by Gasteiger charge is -2.29. The first-order valence-electron chi connectivity index (χ1n) is 10.0. The lowest BCUT2D eigenvalue weighted by atomic mass is 9.98. The van der Waals surface area contributed by atoms with Gasteiger partial charge in [0.15, 0.2) is 23.0 Å². The third-order valence-electron chi connectivity index (χ3n) is 5.35. The number of carbonyl (C=O) groups is 2. The van der Waals surface area contributed by atoms with Gasteiger partial charge in [-0.3, -0.25) is 9.59 Å². The van der Waals surface area contributed by atoms with Gasteiger partial charge in [0.1, 0.15) is 0 Å². The highest BCUT2D eigenvalue weighted by molar-refractivity contribution is 6.35. The third kappa shape index (κ3) is 5.02. The molecule has 0 aromatic heterocycles. The number of hydrogen-bond donors (Lipinski definition) is 1. The third-order valence-corrected chi connectivity index (χ3v) is 5.35. The highest BCUT2D eigenvalue weighted by Crippen LogP contribution is 2.33. The number of nitrogens with zero attached hydrogens (tertiary/aromatic N) is 1. The molecule has 1 N–H and O–H groups in total. The van der Waals surface area contributed by atoms with Crippen molar-refractivity contribution in [3.63, 3.8) is 0 Å². The molecular formula is C23H28N2O6. The topological polar surface area (TPSA) is 86.3 Å². The van der Waals surface area contributed by atoms with Crippen molar-refractivity contribution in [2.24, 2.45) is 0 Å². The zero-order chi connectivity index (χ0) is 22.4. The molecule has 8 heteroatoms. The van der Waals surface area contributed by atoms with Crippen LogP contribution < -0.4 is 24.3 Å². The summed E-state index contributed by atoms with van der Waals surface area (Å²) in [6.45, 7) is 1.18. The largest absolute Gasteiger partial charge is 0.493 e. The van der Waals surface area contributed by atoms with Gasteiger partial charge in [-0.2, -0.15) is 0 Å². The average Bonchev–Trinajstić information content (AvgIpc) is 2.81. The molecule has 0 radical (unpaired) electrons. The van der Waals surface area contributed by atoms with Crippen LogP contribution in [0.5, 0.6) is 23.0 Å². The molecule has 1 aliphatic rings. The number of hydrogen-bond acceptors (Lipinski definition) is 6. The summed E-state index contributed by atoms with van der Waals surface area (Å²) in [7, 11) is 6.32. The predicted octanol–water partition coefficient (Wildman–Crippen LogP) is 1.96. The molecule has 2 amide bonds. The number of fused-ring (bicyclic) bond motifs is 1. The zero-order valence-corrected chi connectivity index (χ0v) is 18.3. The Bertz CT molecular complexity index is 959. The van der Waals surface area contributed by atoms with E-state index in [2.05, 4.69) is 5.32 Å². The van der Waals surface area contributed by atoms with Gasteiger partial charge in [0.2, 0.25) is 0 Å². The summed E-state index contributed by atoms with van der Waals surface area (Å²) in [4.78, 5) is 26.6. The molecule has 3 rings (SSSR count). The van der Waals surface area contributed by atoms with Crippen LogP contribution in [0, 0.1) is 0 Å².